The number of carbonyl (C=O) groups excluding carboxylic acids is 1. The van der Waals surface area contributed by atoms with Crippen LogP contribution >= 0.6 is 12.4 Å². The molecular weight excluding hydrogens is 288 g/mol. The number of halogens is 1. The van der Waals surface area contributed by atoms with E-state index in [1.807, 2.05) is 43.0 Å². The van der Waals surface area contributed by atoms with Crippen LogP contribution in [0.5, 0.6) is 0 Å². The summed E-state index contributed by atoms with van der Waals surface area (Å²) in [5, 5.41) is 0.983. The number of rotatable bonds is 2. The molecule has 114 valence electrons. The van der Waals surface area contributed by atoms with Crippen LogP contribution in [-0.2, 0) is 0 Å². The van der Waals surface area contributed by atoms with Gasteiger partial charge in [-0.1, -0.05) is 11.6 Å². The summed E-state index contributed by atoms with van der Waals surface area (Å²) in [7, 11) is 0. The fourth-order valence-electron chi connectivity index (χ4n) is 2.82. The summed E-state index contributed by atoms with van der Waals surface area (Å²) in [5.74, 6) is 0.795. The van der Waals surface area contributed by atoms with Crippen molar-refractivity contribution in [2.24, 2.45) is 11.7 Å². The average Bonchev–Trinajstić information content (AvgIpc) is 3.03. The molecule has 1 amide bonds. The zero-order valence-electron chi connectivity index (χ0n) is 12.3. The molecule has 3 rings (SSSR count). The van der Waals surface area contributed by atoms with Gasteiger partial charge in [0.05, 0.1) is 0 Å². The molecule has 2 N–H and O–H groups in total. The summed E-state index contributed by atoms with van der Waals surface area (Å²) in [6.45, 7) is 5.53. The molecule has 1 aromatic heterocycles. The first-order valence-corrected chi connectivity index (χ1v) is 7.09. The van der Waals surface area contributed by atoms with E-state index in [2.05, 4.69) is 0 Å². The number of nitrogens with zero attached hydrogens (tertiary/aromatic N) is 1. The molecule has 5 heteroatoms. The molecule has 1 fully saturated rings. The second kappa shape index (κ2) is 6.08. The Morgan fingerprint density at radius 3 is 2.86 bits per heavy atom. The summed E-state index contributed by atoms with van der Waals surface area (Å²) in [5.41, 5.74) is 7.84. The van der Waals surface area contributed by atoms with Crippen molar-refractivity contribution in [1.29, 1.82) is 0 Å². The second-order valence-corrected chi connectivity index (χ2v) is 5.81. The Morgan fingerprint density at radius 1 is 1.43 bits per heavy atom. The molecule has 2 atom stereocenters. The van der Waals surface area contributed by atoms with Crippen LogP contribution in [0.4, 0.5) is 0 Å². The van der Waals surface area contributed by atoms with Gasteiger partial charge in [0.1, 0.15) is 5.58 Å². The molecule has 1 saturated heterocycles. The Kier molecular flexibility index (Phi) is 4.59. The third kappa shape index (κ3) is 3.06. The fourth-order valence-corrected chi connectivity index (χ4v) is 2.82. The van der Waals surface area contributed by atoms with E-state index in [9.17, 15) is 4.79 Å². The number of fused-ring (bicyclic) bond motifs is 1. The standard InChI is InChI=1S/C16H20N2O2.ClH/c1-10-3-4-14-13(7-10)8-15(20-14)16(19)18-6-5-12(9-18)11(2)17;/h3-4,7-8,11-12H,5-6,9,17H2,1-2H3;1H. The van der Waals surface area contributed by atoms with E-state index in [-0.39, 0.29) is 24.4 Å². The maximum atomic E-state index is 12.5. The number of carbonyl (C=O) groups is 1. The molecule has 21 heavy (non-hydrogen) atoms. The van der Waals surface area contributed by atoms with Crippen LogP contribution in [0.15, 0.2) is 28.7 Å². The minimum atomic E-state index is -0.0259. The van der Waals surface area contributed by atoms with Crippen LogP contribution in [0.3, 0.4) is 0 Å². The molecular formula is C16H21ClN2O2. The molecule has 2 heterocycles. The van der Waals surface area contributed by atoms with Crippen LogP contribution in [0.25, 0.3) is 11.0 Å². The summed E-state index contributed by atoms with van der Waals surface area (Å²) in [6.07, 6.45) is 0.975. The highest BCUT2D eigenvalue weighted by Gasteiger charge is 2.30. The Balaban J connectivity index is 0.00000161. The zero-order valence-corrected chi connectivity index (χ0v) is 13.2. The number of nitrogens with two attached hydrogens (primary N) is 1. The van der Waals surface area contributed by atoms with E-state index < -0.39 is 0 Å². The predicted molar refractivity (Wildman–Crippen MR) is 85.9 cm³/mol. The van der Waals surface area contributed by atoms with E-state index in [4.69, 9.17) is 10.2 Å². The molecule has 1 aliphatic heterocycles. The lowest BCUT2D eigenvalue weighted by Crippen LogP contribution is -2.32. The second-order valence-electron chi connectivity index (χ2n) is 5.81. The van der Waals surface area contributed by atoms with Crippen molar-refractivity contribution in [3.8, 4) is 0 Å². The fraction of sp³-hybridized carbons (Fsp3) is 0.438. The van der Waals surface area contributed by atoms with Gasteiger partial charge in [-0.25, -0.2) is 0 Å². The van der Waals surface area contributed by atoms with Crippen LogP contribution < -0.4 is 5.73 Å². The van der Waals surface area contributed by atoms with Gasteiger partial charge >= 0.3 is 0 Å². The molecule has 2 aromatic rings. The lowest BCUT2D eigenvalue weighted by molar-refractivity contribution is 0.0757. The number of hydrogen-bond acceptors (Lipinski definition) is 3. The normalized spacial score (nSPS) is 19.6. The minimum Gasteiger partial charge on any atom is -0.451 e. The maximum Gasteiger partial charge on any atom is 0.289 e. The van der Waals surface area contributed by atoms with E-state index >= 15 is 0 Å². The maximum absolute atomic E-state index is 12.5. The van der Waals surface area contributed by atoms with Crippen molar-refractivity contribution in [1.82, 2.24) is 4.90 Å². The molecule has 2 unspecified atom stereocenters. The zero-order chi connectivity index (χ0) is 14.3. The largest absolute Gasteiger partial charge is 0.451 e. The first kappa shape index (κ1) is 15.9. The number of furan rings is 1. The van der Waals surface area contributed by atoms with Crippen molar-refractivity contribution in [2.45, 2.75) is 26.3 Å². The number of benzene rings is 1. The number of hydrogen-bond donors (Lipinski definition) is 1. The summed E-state index contributed by atoms with van der Waals surface area (Å²) in [6, 6.07) is 7.90. The highest BCUT2D eigenvalue weighted by molar-refractivity contribution is 5.96. The van der Waals surface area contributed by atoms with Crippen molar-refractivity contribution in [2.75, 3.05) is 13.1 Å². The molecule has 0 aliphatic carbocycles. The van der Waals surface area contributed by atoms with Gasteiger partial charge in [0.2, 0.25) is 0 Å². The van der Waals surface area contributed by atoms with Crippen molar-refractivity contribution >= 4 is 29.3 Å². The van der Waals surface area contributed by atoms with Crippen LogP contribution in [0.1, 0.15) is 29.5 Å². The Hall–Kier alpha value is -1.52. The lowest BCUT2D eigenvalue weighted by Gasteiger charge is -2.16. The average molecular weight is 309 g/mol. The van der Waals surface area contributed by atoms with Crippen LogP contribution in [-0.4, -0.2) is 29.9 Å². The first-order chi connectivity index (χ1) is 9.54. The Bertz CT molecular complexity index is 651. The minimum absolute atomic E-state index is 0. The third-order valence-electron chi connectivity index (χ3n) is 4.14. The summed E-state index contributed by atoms with van der Waals surface area (Å²) < 4.78 is 5.67. The SMILES string of the molecule is Cc1ccc2oc(C(=O)N3CCC(C(C)N)C3)cc2c1.Cl. The summed E-state index contributed by atoms with van der Waals surface area (Å²) >= 11 is 0. The topological polar surface area (TPSA) is 59.5 Å². The van der Waals surface area contributed by atoms with Gasteiger partial charge in [0.15, 0.2) is 5.76 Å². The highest BCUT2D eigenvalue weighted by Crippen LogP contribution is 2.25. The molecule has 0 bridgehead atoms. The smallest absolute Gasteiger partial charge is 0.289 e. The number of amides is 1. The Morgan fingerprint density at radius 2 is 2.19 bits per heavy atom. The van der Waals surface area contributed by atoms with E-state index in [1.165, 1.54) is 0 Å². The van der Waals surface area contributed by atoms with Gasteiger partial charge in [-0.3, -0.25) is 4.79 Å². The summed E-state index contributed by atoms with van der Waals surface area (Å²) in [4.78, 5) is 14.3. The van der Waals surface area contributed by atoms with Gasteiger partial charge in [-0.15, -0.1) is 12.4 Å². The lowest BCUT2D eigenvalue weighted by atomic mass is 10.0. The van der Waals surface area contributed by atoms with Crippen LogP contribution in [0, 0.1) is 12.8 Å². The first-order valence-electron chi connectivity index (χ1n) is 7.09. The molecule has 0 radical (unpaired) electrons. The van der Waals surface area contributed by atoms with Crippen molar-refractivity contribution in [3.05, 3.63) is 35.6 Å². The van der Waals surface area contributed by atoms with Gasteiger partial charge in [0.25, 0.3) is 5.91 Å². The van der Waals surface area contributed by atoms with Crippen molar-refractivity contribution in [3.63, 3.8) is 0 Å². The van der Waals surface area contributed by atoms with Gasteiger partial charge in [0, 0.05) is 24.5 Å². The molecule has 1 aliphatic rings. The van der Waals surface area contributed by atoms with E-state index in [0.29, 0.717) is 11.7 Å². The predicted octanol–water partition coefficient (Wildman–Crippen LogP) is 2.97. The number of aryl methyl sites for hydroxylation is 1. The molecule has 1 aromatic carbocycles. The Labute approximate surface area is 130 Å². The van der Waals surface area contributed by atoms with Crippen molar-refractivity contribution < 1.29 is 9.21 Å². The third-order valence-corrected chi connectivity index (χ3v) is 4.14. The van der Waals surface area contributed by atoms with E-state index in [0.717, 1.165) is 36.0 Å². The highest BCUT2D eigenvalue weighted by atomic mass is 35.5. The molecule has 0 saturated carbocycles. The van der Waals surface area contributed by atoms with E-state index in [1.54, 1.807) is 0 Å². The monoisotopic (exact) mass is 308 g/mol. The van der Waals surface area contributed by atoms with Gasteiger partial charge in [-0.05, 0) is 44.4 Å². The molecule has 0 spiro atoms. The van der Waals surface area contributed by atoms with Crippen LogP contribution in [0.2, 0.25) is 0 Å². The number of likely N-dealkylation sites (tertiary alicyclic amines) is 1. The quantitative estimate of drug-likeness (QED) is 0.928. The molecule has 4 nitrogen and oxygen atoms in total. The van der Waals surface area contributed by atoms with Gasteiger partial charge in [-0.2, -0.15) is 0 Å². The van der Waals surface area contributed by atoms with Gasteiger partial charge < -0.3 is 15.1 Å².